The molecule has 38 heavy (non-hydrogen) atoms. The molecule has 11 heteroatoms. The molecule has 8 nitrogen and oxygen atoms in total. The maximum Gasteiger partial charge on any atom is 0.282 e. The van der Waals surface area contributed by atoms with Crippen LogP contribution in [0.1, 0.15) is 24.7 Å². The second kappa shape index (κ2) is 12.2. The molecule has 4 aromatic rings. The molecule has 0 radical (unpaired) electrons. The number of halogens is 3. The second-order valence-electron chi connectivity index (χ2n) is 8.17. The van der Waals surface area contributed by atoms with E-state index in [1.54, 1.807) is 18.2 Å². The van der Waals surface area contributed by atoms with Crippen LogP contribution in [0.25, 0.3) is 10.9 Å². The molecule has 0 spiro atoms. The summed E-state index contributed by atoms with van der Waals surface area (Å²) < 4.78 is 26.3. The zero-order valence-corrected chi connectivity index (χ0v) is 22.8. The summed E-state index contributed by atoms with van der Waals surface area (Å²) in [5.41, 5.74) is 1.05. The fourth-order valence-electron chi connectivity index (χ4n) is 3.68. The van der Waals surface area contributed by atoms with Crippen molar-refractivity contribution in [2.75, 3.05) is 19.0 Å². The van der Waals surface area contributed by atoms with Crippen molar-refractivity contribution in [2.24, 2.45) is 5.10 Å². The largest absolute Gasteiger partial charge is 0.493 e. The highest BCUT2D eigenvalue weighted by Gasteiger charge is 2.16. The number of methoxy groups -OCH3 is 1. The number of hydrogen-bond acceptors (Lipinski definition) is 6. The first-order chi connectivity index (χ1) is 18.3. The van der Waals surface area contributed by atoms with Crippen molar-refractivity contribution in [1.82, 2.24) is 9.66 Å². The number of aryl methyl sites for hydroxylation is 1. The molecule has 0 bridgehead atoms. The Morgan fingerprint density at radius 2 is 1.97 bits per heavy atom. The summed E-state index contributed by atoms with van der Waals surface area (Å²) in [6.45, 7) is 1.61. The summed E-state index contributed by atoms with van der Waals surface area (Å²) in [5, 5.41) is 7.81. The Balaban J connectivity index is 1.67. The highest BCUT2D eigenvalue weighted by atomic mass is 79.9. The molecule has 0 saturated heterocycles. The third kappa shape index (κ3) is 6.38. The van der Waals surface area contributed by atoms with E-state index in [1.807, 2.05) is 13.0 Å². The smallest absolute Gasteiger partial charge is 0.282 e. The zero-order valence-electron chi connectivity index (χ0n) is 20.5. The molecule has 4 rings (SSSR count). The van der Waals surface area contributed by atoms with Crippen molar-refractivity contribution in [2.45, 2.75) is 19.8 Å². The van der Waals surface area contributed by atoms with Gasteiger partial charge in [0.1, 0.15) is 11.6 Å². The number of rotatable bonds is 9. The minimum absolute atomic E-state index is 0.205. The number of anilines is 1. The maximum absolute atomic E-state index is 13.3. The van der Waals surface area contributed by atoms with Crippen LogP contribution in [0, 0.1) is 5.82 Å². The Morgan fingerprint density at radius 3 is 2.68 bits per heavy atom. The predicted molar refractivity (Wildman–Crippen MR) is 149 cm³/mol. The number of hydrogen-bond donors (Lipinski definition) is 1. The van der Waals surface area contributed by atoms with Crippen molar-refractivity contribution in [1.29, 1.82) is 0 Å². The van der Waals surface area contributed by atoms with Gasteiger partial charge in [-0.2, -0.15) is 9.78 Å². The van der Waals surface area contributed by atoms with Gasteiger partial charge in [-0.15, -0.1) is 0 Å². The molecule has 196 valence electrons. The quantitative estimate of drug-likeness (QED) is 0.244. The number of carbonyl (C=O) groups is 1. The van der Waals surface area contributed by atoms with Crippen molar-refractivity contribution in [3.63, 3.8) is 0 Å². The van der Waals surface area contributed by atoms with Gasteiger partial charge in [-0.3, -0.25) is 9.59 Å². The van der Waals surface area contributed by atoms with Crippen LogP contribution in [0.4, 0.5) is 10.1 Å². The number of nitrogens with zero attached hydrogens (tertiary/aromatic N) is 3. The van der Waals surface area contributed by atoms with Crippen molar-refractivity contribution in [3.8, 4) is 11.5 Å². The topological polar surface area (TPSA) is 94.8 Å². The van der Waals surface area contributed by atoms with Gasteiger partial charge in [0.2, 0.25) is 0 Å². The molecule has 0 saturated carbocycles. The van der Waals surface area contributed by atoms with E-state index in [1.165, 1.54) is 48.3 Å². The van der Waals surface area contributed by atoms with Gasteiger partial charge in [-0.05, 0) is 55.0 Å². The summed E-state index contributed by atoms with van der Waals surface area (Å²) in [7, 11) is 1.44. The van der Waals surface area contributed by atoms with Gasteiger partial charge in [-0.1, -0.05) is 34.5 Å². The summed E-state index contributed by atoms with van der Waals surface area (Å²) in [5.74, 6) is 0.0946. The lowest BCUT2D eigenvalue weighted by Crippen LogP contribution is -2.22. The number of carbonyl (C=O) groups excluding carboxylic acids is 1. The Kier molecular flexibility index (Phi) is 8.75. The summed E-state index contributed by atoms with van der Waals surface area (Å²) in [4.78, 5) is 30.4. The first-order valence-electron chi connectivity index (χ1n) is 11.6. The number of aromatic nitrogens is 2. The number of fused-ring (bicyclic) bond motifs is 1. The van der Waals surface area contributed by atoms with E-state index in [0.29, 0.717) is 39.4 Å². The molecule has 1 aromatic heterocycles. The lowest BCUT2D eigenvalue weighted by molar-refractivity contribution is -0.118. The van der Waals surface area contributed by atoms with Crippen LogP contribution in [-0.2, 0) is 11.2 Å². The molecule has 0 aliphatic carbocycles. The normalized spacial score (nSPS) is 11.2. The molecule has 0 aliphatic rings. The number of benzene rings is 3. The molecule has 1 N–H and O–H groups in total. The predicted octanol–water partition coefficient (Wildman–Crippen LogP) is 5.81. The van der Waals surface area contributed by atoms with E-state index >= 15 is 0 Å². The molecule has 3 aromatic carbocycles. The minimum Gasteiger partial charge on any atom is -0.493 e. The molecule has 0 unspecified atom stereocenters. The lowest BCUT2D eigenvalue weighted by atomic mass is 10.2. The van der Waals surface area contributed by atoms with Crippen LogP contribution >= 0.6 is 27.5 Å². The van der Waals surface area contributed by atoms with Gasteiger partial charge < -0.3 is 14.8 Å². The van der Waals surface area contributed by atoms with Gasteiger partial charge >= 0.3 is 0 Å². The van der Waals surface area contributed by atoms with Gasteiger partial charge in [0, 0.05) is 33.2 Å². The van der Waals surface area contributed by atoms with Crippen molar-refractivity contribution >= 4 is 56.2 Å². The highest BCUT2D eigenvalue weighted by molar-refractivity contribution is 9.10. The standard InChI is InChI=1S/C27H23BrClFN4O4/c1-3-4-24-33-22-10-5-17(28)12-21(22)27(36)34(24)31-14-16-11-18(29)13-23(37-2)26(16)38-15-25(35)32-20-8-6-19(30)7-9-20/h5-14H,3-4,15H2,1-2H3,(H,32,35). The fraction of sp³-hybridized carbons (Fsp3) is 0.185. The number of nitrogens with one attached hydrogen (secondary N) is 1. The van der Waals surface area contributed by atoms with Crippen molar-refractivity contribution in [3.05, 3.63) is 91.7 Å². The Labute approximate surface area is 231 Å². The Hall–Kier alpha value is -3.76. The minimum atomic E-state index is -0.470. The van der Waals surface area contributed by atoms with Gasteiger partial charge in [0.25, 0.3) is 11.5 Å². The van der Waals surface area contributed by atoms with Gasteiger partial charge in [-0.25, -0.2) is 9.37 Å². The van der Waals surface area contributed by atoms with Gasteiger partial charge in [0.05, 0.1) is 24.2 Å². The van der Waals surface area contributed by atoms with Crippen LogP contribution in [0.3, 0.4) is 0 Å². The summed E-state index contributed by atoms with van der Waals surface area (Å²) in [6, 6.07) is 13.8. The van der Waals surface area contributed by atoms with E-state index in [9.17, 15) is 14.0 Å². The highest BCUT2D eigenvalue weighted by Crippen LogP contribution is 2.34. The number of amides is 1. The van der Waals surface area contributed by atoms with E-state index in [4.69, 9.17) is 21.1 Å². The first-order valence-corrected chi connectivity index (χ1v) is 12.8. The molecule has 0 fully saturated rings. The summed E-state index contributed by atoms with van der Waals surface area (Å²) in [6.07, 6.45) is 2.70. The van der Waals surface area contributed by atoms with Gasteiger partial charge in [0.15, 0.2) is 18.1 Å². The van der Waals surface area contributed by atoms with Crippen LogP contribution in [-0.4, -0.2) is 35.5 Å². The third-order valence-electron chi connectivity index (χ3n) is 5.41. The maximum atomic E-state index is 13.3. The molecule has 0 atom stereocenters. The third-order valence-corrected chi connectivity index (χ3v) is 6.12. The van der Waals surface area contributed by atoms with Crippen LogP contribution in [0.2, 0.25) is 5.02 Å². The average molecular weight is 602 g/mol. The molecule has 0 aliphatic heterocycles. The number of ether oxygens (including phenoxy) is 2. The molecule has 1 amide bonds. The summed E-state index contributed by atoms with van der Waals surface area (Å²) >= 11 is 9.67. The Bertz CT molecular complexity index is 1570. The van der Waals surface area contributed by atoms with E-state index in [2.05, 4.69) is 31.3 Å². The molecular weight excluding hydrogens is 579 g/mol. The van der Waals surface area contributed by atoms with Crippen molar-refractivity contribution < 1.29 is 18.7 Å². The Morgan fingerprint density at radius 1 is 1.21 bits per heavy atom. The lowest BCUT2D eigenvalue weighted by Gasteiger charge is -2.14. The zero-order chi connectivity index (χ0) is 27.2. The molecular formula is C27H23BrClFN4O4. The fourth-order valence-corrected chi connectivity index (χ4v) is 4.26. The average Bonchev–Trinajstić information content (AvgIpc) is 2.89. The van der Waals surface area contributed by atoms with E-state index in [0.717, 1.165) is 10.9 Å². The van der Waals surface area contributed by atoms with E-state index < -0.39 is 11.7 Å². The van der Waals surface area contributed by atoms with E-state index in [-0.39, 0.29) is 23.7 Å². The SMILES string of the molecule is CCCc1nc2ccc(Br)cc2c(=O)n1N=Cc1cc(Cl)cc(OC)c1OCC(=O)Nc1ccc(F)cc1. The molecule has 1 heterocycles. The second-order valence-corrected chi connectivity index (χ2v) is 9.52. The monoisotopic (exact) mass is 600 g/mol. The van der Waals surface area contributed by atoms with Crippen LogP contribution in [0.5, 0.6) is 11.5 Å². The first kappa shape index (κ1) is 27.3. The van der Waals surface area contributed by atoms with Crippen LogP contribution < -0.4 is 20.3 Å². The van der Waals surface area contributed by atoms with Crippen LogP contribution in [0.15, 0.2) is 69.0 Å².